The molecule has 0 aliphatic carbocycles. The van der Waals surface area contributed by atoms with Crippen molar-refractivity contribution in [1.82, 2.24) is 0 Å². The third-order valence-electron chi connectivity index (χ3n) is 1.27. The van der Waals surface area contributed by atoms with Gasteiger partial charge < -0.3 is 0 Å². The zero-order valence-corrected chi connectivity index (χ0v) is 5.66. The van der Waals surface area contributed by atoms with Gasteiger partial charge in [-0.1, -0.05) is 13.3 Å². The van der Waals surface area contributed by atoms with Gasteiger partial charge in [-0.3, -0.25) is 0 Å². The minimum Gasteiger partial charge on any atom is -0.210 e. The van der Waals surface area contributed by atoms with E-state index in [1.54, 1.807) is 6.92 Å². The van der Waals surface area contributed by atoms with E-state index in [9.17, 15) is 17.6 Å². The maximum absolute atomic E-state index is 11.7. The van der Waals surface area contributed by atoms with Crippen LogP contribution in [0.5, 0.6) is 0 Å². The van der Waals surface area contributed by atoms with Crippen LogP contribution in [0, 0.1) is 5.92 Å². The smallest absolute Gasteiger partial charge is 0.210 e. The number of rotatable bonds is 4. The zero-order chi connectivity index (χ0) is 8.15. The van der Waals surface area contributed by atoms with Crippen LogP contribution in [0.1, 0.15) is 19.8 Å². The lowest BCUT2D eigenvalue weighted by Gasteiger charge is -2.12. The van der Waals surface area contributed by atoms with Gasteiger partial charge in [-0.2, -0.15) is 0 Å². The van der Waals surface area contributed by atoms with Crippen LogP contribution in [0.3, 0.4) is 0 Å². The van der Waals surface area contributed by atoms with Crippen molar-refractivity contribution in [2.75, 3.05) is 0 Å². The van der Waals surface area contributed by atoms with Gasteiger partial charge in [0.05, 0.1) is 5.92 Å². The van der Waals surface area contributed by atoms with Gasteiger partial charge in [0, 0.05) is 0 Å². The van der Waals surface area contributed by atoms with E-state index in [4.69, 9.17) is 0 Å². The molecule has 0 aromatic heterocycles. The highest BCUT2D eigenvalue weighted by molar-refractivity contribution is 4.62. The van der Waals surface area contributed by atoms with E-state index < -0.39 is 18.8 Å². The van der Waals surface area contributed by atoms with Crippen molar-refractivity contribution in [3.63, 3.8) is 0 Å². The molecule has 0 amide bonds. The molecule has 0 aliphatic rings. The molecule has 10 heavy (non-hydrogen) atoms. The van der Waals surface area contributed by atoms with E-state index in [0.29, 0.717) is 6.42 Å². The predicted octanol–water partition coefficient (Wildman–Crippen LogP) is 2.93. The summed E-state index contributed by atoms with van der Waals surface area (Å²) in [5.74, 6) is -1.73. The summed E-state index contributed by atoms with van der Waals surface area (Å²) in [5, 5.41) is 0. The molecule has 0 spiro atoms. The van der Waals surface area contributed by atoms with E-state index >= 15 is 0 Å². The highest BCUT2D eigenvalue weighted by atomic mass is 19.3. The Morgan fingerprint density at radius 2 is 1.40 bits per heavy atom. The third-order valence-corrected chi connectivity index (χ3v) is 1.27. The van der Waals surface area contributed by atoms with E-state index in [1.807, 2.05) is 0 Å². The Hall–Kier alpha value is -0.280. The van der Waals surface area contributed by atoms with Crippen molar-refractivity contribution in [2.45, 2.75) is 32.6 Å². The first kappa shape index (κ1) is 9.72. The summed E-state index contributed by atoms with van der Waals surface area (Å²) < 4.78 is 46.6. The van der Waals surface area contributed by atoms with Crippen molar-refractivity contribution < 1.29 is 17.6 Å². The molecule has 0 atom stereocenters. The molecule has 4 heteroatoms. The Labute approximate surface area is 57.2 Å². The first-order valence-electron chi connectivity index (χ1n) is 3.15. The van der Waals surface area contributed by atoms with E-state index in [0.717, 1.165) is 0 Å². The van der Waals surface area contributed by atoms with Gasteiger partial charge >= 0.3 is 0 Å². The van der Waals surface area contributed by atoms with Crippen LogP contribution in [-0.4, -0.2) is 12.9 Å². The van der Waals surface area contributed by atoms with Crippen molar-refractivity contribution in [1.29, 1.82) is 0 Å². The zero-order valence-electron chi connectivity index (χ0n) is 5.66. The van der Waals surface area contributed by atoms with Crippen LogP contribution >= 0.6 is 0 Å². The lowest BCUT2D eigenvalue weighted by molar-refractivity contribution is -0.0306. The molecule has 0 rings (SSSR count). The lowest BCUT2D eigenvalue weighted by Crippen LogP contribution is -2.19. The maximum Gasteiger partial charge on any atom is 0.246 e. The van der Waals surface area contributed by atoms with Gasteiger partial charge in [0.25, 0.3) is 0 Å². The molecule has 0 aliphatic heterocycles. The molecular weight excluding hydrogens is 148 g/mol. The number of alkyl halides is 4. The van der Waals surface area contributed by atoms with Gasteiger partial charge in [-0.15, -0.1) is 0 Å². The summed E-state index contributed by atoms with van der Waals surface area (Å²) in [6.07, 6.45) is -5.51. The molecule has 62 valence electrons. The fraction of sp³-hybridized carbons (Fsp3) is 1.00. The molecule has 0 unspecified atom stereocenters. The van der Waals surface area contributed by atoms with Crippen LogP contribution in [0.25, 0.3) is 0 Å². The van der Waals surface area contributed by atoms with Crippen LogP contribution in [0.2, 0.25) is 0 Å². The maximum atomic E-state index is 11.7. The quantitative estimate of drug-likeness (QED) is 0.552. The summed E-state index contributed by atoms with van der Waals surface area (Å²) >= 11 is 0. The predicted molar refractivity (Wildman–Crippen MR) is 30.4 cm³/mol. The minimum absolute atomic E-state index is 0.102. The fourth-order valence-electron chi connectivity index (χ4n) is 0.695. The Morgan fingerprint density at radius 3 is 1.50 bits per heavy atom. The van der Waals surface area contributed by atoms with Gasteiger partial charge in [-0.25, -0.2) is 17.6 Å². The number of halogens is 4. The van der Waals surface area contributed by atoms with Crippen LogP contribution in [0.15, 0.2) is 0 Å². The second-order valence-corrected chi connectivity index (χ2v) is 2.12. The minimum atomic E-state index is -2.89. The Balaban J connectivity index is 3.73. The first-order chi connectivity index (χ1) is 4.59. The summed E-state index contributed by atoms with van der Waals surface area (Å²) in [5.41, 5.74) is 0. The topological polar surface area (TPSA) is 0 Å². The summed E-state index contributed by atoms with van der Waals surface area (Å²) in [6.45, 7) is 1.61. The SMILES string of the molecule is CCCC(C(F)F)C(F)F. The molecule has 0 radical (unpaired) electrons. The van der Waals surface area contributed by atoms with Gasteiger partial charge in [0.2, 0.25) is 12.9 Å². The molecule has 0 aromatic carbocycles. The standard InChI is InChI=1S/C6H10F4/c1-2-3-4(5(7)8)6(9)10/h4-6H,2-3H2,1H3. The third kappa shape index (κ3) is 3.03. The number of hydrogen-bond donors (Lipinski definition) is 0. The van der Waals surface area contributed by atoms with Crippen molar-refractivity contribution in [3.8, 4) is 0 Å². The molecule has 0 nitrogen and oxygen atoms in total. The molecule has 0 heterocycles. The highest BCUT2D eigenvalue weighted by Crippen LogP contribution is 2.22. The van der Waals surface area contributed by atoms with Crippen molar-refractivity contribution in [3.05, 3.63) is 0 Å². The second kappa shape index (κ2) is 4.52. The lowest BCUT2D eigenvalue weighted by atomic mass is 10.1. The summed E-state index contributed by atoms with van der Waals surface area (Å²) in [6, 6.07) is 0. The van der Waals surface area contributed by atoms with Crippen molar-refractivity contribution >= 4 is 0 Å². The average molecular weight is 158 g/mol. The van der Waals surface area contributed by atoms with Gasteiger partial charge in [0.1, 0.15) is 0 Å². The van der Waals surface area contributed by atoms with Crippen LogP contribution in [0.4, 0.5) is 17.6 Å². The Bertz CT molecular complexity index is 73.8. The first-order valence-corrected chi connectivity index (χ1v) is 3.15. The molecule has 0 fully saturated rings. The largest absolute Gasteiger partial charge is 0.246 e. The summed E-state index contributed by atoms with van der Waals surface area (Å²) in [7, 11) is 0. The molecule has 0 N–H and O–H groups in total. The van der Waals surface area contributed by atoms with E-state index in [1.165, 1.54) is 0 Å². The molecular formula is C6H10F4. The molecule has 0 saturated heterocycles. The van der Waals surface area contributed by atoms with Crippen molar-refractivity contribution in [2.24, 2.45) is 5.92 Å². The summed E-state index contributed by atoms with van der Waals surface area (Å²) in [4.78, 5) is 0. The van der Waals surface area contributed by atoms with E-state index in [2.05, 4.69) is 0 Å². The Morgan fingerprint density at radius 1 is 1.00 bits per heavy atom. The van der Waals surface area contributed by atoms with Gasteiger partial charge in [-0.05, 0) is 6.42 Å². The highest BCUT2D eigenvalue weighted by Gasteiger charge is 2.28. The normalized spacial score (nSPS) is 12.0. The number of hydrogen-bond acceptors (Lipinski definition) is 0. The molecule has 0 aromatic rings. The molecule has 0 saturated carbocycles. The second-order valence-electron chi connectivity index (χ2n) is 2.12. The van der Waals surface area contributed by atoms with Gasteiger partial charge in [0.15, 0.2) is 0 Å². The fourth-order valence-corrected chi connectivity index (χ4v) is 0.695. The monoisotopic (exact) mass is 158 g/mol. The average Bonchev–Trinajstić information content (AvgIpc) is 1.81. The van der Waals surface area contributed by atoms with Crippen LogP contribution < -0.4 is 0 Å². The van der Waals surface area contributed by atoms with Crippen LogP contribution in [-0.2, 0) is 0 Å². The van der Waals surface area contributed by atoms with E-state index in [-0.39, 0.29) is 6.42 Å². The Kier molecular flexibility index (Phi) is 4.40. The molecule has 0 bridgehead atoms.